The van der Waals surface area contributed by atoms with E-state index in [2.05, 4.69) is 13.6 Å². The fraction of sp³-hybridized carbons (Fsp3) is 0.750. The summed E-state index contributed by atoms with van der Waals surface area (Å²) in [6.45, 7) is 5.65. The van der Waals surface area contributed by atoms with Gasteiger partial charge in [0, 0.05) is 0 Å². The fourth-order valence-electron chi connectivity index (χ4n) is 0.617. The molecule has 0 spiro atoms. The number of halogens is 1. The van der Waals surface area contributed by atoms with Crippen molar-refractivity contribution >= 4 is 19.6 Å². The molecule has 12 heavy (non-hydrogen) atoms. The molecule has 0 unspecified atom stereocenters. The summed E-state index contributed by atoms with van der Waals surface area (Å²) in [5, 5.41) is 0. The summed E-state index contributed by atoms with van der Waals surface area (Å²) < 4.78 is 5.09. The zero-order valence-corrected chi connectivity index (χ0v) is 12.4. The quantitative estimate of drug-likeness (QED) is 0.421. The number of carbonyl (C=O) groups excluding carboxylic acids is 1. The van der Waals surface area contributed by atoms with Crippen LogP contribution >= 0.6 is 13.6 Å². The molecule has 0 bridgehead atoms. The van der Waals surface area contributed by atoms with Gasteiger partial charge in [0.1, 0.15) is 5.60 Å². The van der Waals surface area contributed by atoms with Crippen molar-refractivity contribution in [3.8, 4) is 0 Å². The zero-order chi connectivity index (χ0) is 9.78. The van der Waals surface area contributed by atoms with Crippen LogP contribution < -0.4 is 0 Å². The van der Waals surface area contributed by atoms with Gasteiger partial charge in [0.25, 0.3) is 0 Å². The number of rotatable bonds is 1. The predicted molar refractivity (Wildman–Crippen MR) is 47.2 cm³/mol. The van der Waals surface area contributed by atoms with E-state index >= 15 is 0 Å². The van der Waals surface area contributed by atoms with Gasteiger partial charge in [-0.2, -0.15) is 12.8 Å². The molecule has 1 saturated carbocycles. The molecule has 1 fully saturated rings. The van der Waals surface area contributed by atoms with Gasteiger partial charge < -0.3 is 4.74 Å². The Morgan fingerprint density at radius 3 is 2.08 bits per heavy atom. The van der Waals surface area contributed by atoms with Gasteiger partial charge in [0.2, 0.25) is 0 Å². The molecule has 0 aromatic heterocycles. The van der Waals surface area contributed by atoms with Crippen LogP contribution in [0.3, 0.4) is 0 Å². The molecule has 0 aromatic carbocycles. The van der Waals surface area contributed by atoms with Gasteiger partial charge in [0.15, 0.2) is 5.97 Å². The van der Waals surface area contributed by atoms with Crippen LogP contribution in [0, 0.1) is 5.92 Å². The Morgan fingerprint density at radius 1 is 1.42 bits per heavy atom. The SMILES string of the molecule is CC(C)(C)OC(=O)[C-]1CC1.[Zn+][Br]. The summed E-state index contributed by atoms with van der Waals surface area (Å²) in [5.41, 5.74) is -0.327. The molecule has 0 aliphatic heterocycles. The van der Waals surface area contributed by atoms with Crippen LogP contribution in [0.2, 0.25) is 0 Å². The first-order valence-corrected chi connectivity index (χ1v) is 10.8. The molecule has 0 radical (unpaired) electrons. The Morgan fingerprint density at radius 2 is 1.83 bits per heavy atom. The molecular formula is C8H13BrO2Zn. The van der Waals surface area contributed by atoms with Crippen molar-refractivity contribution in [1.82, 2.24) is 0 Å². The molecule has 0 amide bonds. The fourth-order valence-corrected chi connectivity index (χ4v) is 0.617. The minimum atomic E-state index is -0.327. The van der Waals surface area contributed by atoms with E-state index in [0.717, 1.165) is 18.8 Å². The summed E-state index contributed by atoms with van der Waals surface area (Å²) in [7, 11) is 0. The number of ether oxygens (including phenoxy) is 1. The second-order valence-corrected chi connectivity index (χ2v) is 3.61. The average Bonchev–Trinajstić information content (AvgIpc) is 2.68. The van der Waals surface area contributed by atoms with Gasteiger partial charge in [-0.25, -0.2) is 0 Å². The molecule has 2 nitrogen and oxygen atoms in total. The maximum atomic E-state index is 11.0. The van der Waals surface area contributed by atoms with Crippen LogP contribution in [0.5, 0.6) is 0 Å². The van der Waals surface area contributed by atoms with Crippen LogP contribution in [0.15, 0.2) is 0 Å². The van der Waals surface area contributed by atoms with E-state index in [1.807, 2.05) is 20.8 Å². The number of carbonyl (C=O) groups is 1. The molecule has 0 atom stereocenters. The molecule has 0 heterocycles. The van der Waals surface area contributed by atoms with E-state index in [1.165, 1.54) is 16.3 Å². The van der Waals surface area contributed by atoms with E-state index in [0.29, 0.717) is 0 Å². The van der Waals surface area contributed by atoms with Gasteiger partial charge in [-0.1, -0.05) is 0 Å². The Balaban J connectivity index is 0.000000561. The molecule has 1 rings (SSSR count). The summed E-state index contributed by atoms with van der Waals surface area (Å²) in [6, 6.07) is 0. The molecule has 66 valence electrons. The Kier molecular flexibility index (Phi) is 5.43. The van der Waals surface area contributed by atoms with Crippen LogP contribution in [-0.4, -0.2) is 11.6 Å². The van der Waals surface area contributed by atoms with E-state index in [-0.39, 0.29) is 11.6 Å². The average molecular weight is 286 g/mol. The Hall–Kier alpha value is 0.443. The van der Waals surface area contributed by atoms with Crippen molar-refractivity contribution in [1.29, 1.82) is 0 Å². The van der Waals surface area contributed by atoms with Crippen molar-refractivity contribution in [2.24, 2.45) is 0 Å². The number of esters is 1. The Bertz CT molecular complexity index is 150. The van der Waals surface area contributed by atoms with E-state index in [4.69, 9.17) is 4.74 Å². The second-order valence-electron chi connectivity index (χ2n) is 3.61. The van der Waals surface area contributed by atoms with Crippen LogP contribution in [0.4, 0.5) is 0 Å². The molecular weight excluding hydrogens is 273 g/mol. The van der Waals surface area contributed by atoms with E-state index in [1.54, 1.807) is 0 Å². The molecule has 0 N–H and O–H groups in total. The summed E-state index contributed by atoms with van der Waals surface area (Å²) >= 11 is 4.25. The maximum absolute atomic E-state index is 11.0. The summed E-state index contributed by atoms with van der Waals surface area (Å²) in [6.07, 6.45) is 1.88. The number of hydrogen-bond donors (Lipinski definition) is 0. The standard InChI is InChI=1S/C8H13O2.BrH.Zn/c1-8(2,3)10-7(9)6-4-5-6;;/h4-5H2,1-3H3;1H;/q-1;;+2/p-1. The van der Waals surface area contributed by atoms with Crippen molar-refractivity contribution in [3.63, 3.8) is 0 Å². The van der Waals surface area contributed by atoms with Crippen LogP contribution in [0.25, 0.3) is 0 Å². The monoisotopic (exact) mass is 284 g/mol. The first kappa shape index (κ1) is 12.4. The van der Waals surface area contributed by atoms with Gasteiger partial charge in [-0.15, -0.1) is 0 Å². The molecule has 1 aliphatic rings. The Labute approximate surface area is 90.5 Å². The van der Waals surface area contributed by atoms with Crippen LogP contribution in [0.1, 0.15) is 33.6 Å². The topological polar surface area (TPSA) is 26.3 Å². The van der Waals surface area contributed by atoms with E-state index in [9.17, 15) is 4.79 Å². The minimum absolute atomic E-state index is 0.104. The molecule has 1 aliphatic carbocycles. The van der Waals surface area contributed by atoms with Gasteiger partial charge in [-0.3, -0.25) is 10.7 Å². The first-order valence-electron chi connectivity index (χ1n) is 3.84. The predicted octanol–water partition coefficient (Wildman–Crippen LogP) is 2.54. The van der Waals surface area contributed by atoms with Gasteiger partial charge >= 0.3 is 30.0 Å². The van der Waals surface area contributed by atoms with Crippen molar-refractivity contribution in [2.45, 2.75) is 39.2 Å². The summed E-state index contributed by atoms with van der Waals surface area (Å²) in [4.78, 5) is 11.0. The molecule has 0 aromatic rings. The van der Waals surface area contributed by atoms with Crippen molar-refractivity contribution < 1.29 is 25.9 Å². The van der Waals surface area contributed by atoms with Gasteiger partial charge in [0.05, 0.1) is 0 Å². The van der Waals surface area contributed by atoms with Crippen LogP contribution in [-0.2, 0) is 25.9 Å². The third kappa shape index (κ3) is 6.01. The van der Waals surface area contributed by atoms with E-state index < -0.39 is 0 Å². The first-order chi connectivity index (χ1) is 5.49. The number of hydrogen-bond acceptors (Lipinski definition) is 2. The normalized spacial score (nSPS) is 14.7. The molecule has 4 heteroatoms. The summed E-state index contributed by atoms with van der Waals surface area (Å²) in [5.74, 6) is 0.836. The second kappa shape index (κ2) is 5.23. The van der Waals surface area contributed by atoms with Crippen molar-refractivity contribution in [2.75, 3.05) is 0 Å². The van der Waals surface area contributed by atoms with Crippen molar-refractivity contribution in [3.05, 3.63) is 5.92 Å². The third-order valence-corrected chi connectivity index (χ3v) is 1.19. The third-order valence-electron chi connectivity index (χ3n) is 1.19. The molecule has 0 saturated heterocycles. The van der Waals surface area contributed by atoms with Gasteiger partial charge in [-0.05, 0) is 20.8 Å². The zero-order valence-electron chi connectivity index (χ0n) is 7.82.